The molecule has 3 rings (SSSR count). The Labute approximate surface area is 141 Å². The van der Waals surface area contributed by atoms with Crippen LogP contribution in [0.1, 0.15) is 22.2 Å². The van der Waals surface area contributed by atoms with E-state index in [1.54, 1.807) is 11.3 Å². The van der Waals surface area contributed by atoms with E-state index in [0.29, 0.717) is 0 Å². The number of halogens is 1. The molecule has 5 heteroatoms. The summed E-state index contributed by atoms with van der Waals surface area (Å²) in [5.74, 6) is 0. The van der Waals surface area contributed by atoms with Crippen LogP contribution in [0.4, 0.5) is 0 Å². The summed E-state index contributed by atoms with van der Waals surface area (Å²) in [4.78, 5) is 0. The van der Waals surface area contributed by atoms with Crippen LogP contribution in [0, 0.1) is 10.5 Å². The fourth-order valence-corrected chi connectivity index (χ4v) is 3.79. The van der Waals surface area contributed by atoms with Gasteiger partial charge in [0.2, 0.25) is 0 Å². The Balaban J connectivity index is 1.95. The fourth-order valence-electron chi connectivity index (χ4n) is 2.08. The Morgan fingerprint density at radius 3 is 2.57 bits per heavy atom. The first-order chi connectivity index (χ1) is 10.2. The third-order valence-corrected chi connectivity index (χ3v) is 5.76. The van der Waals surface area contributed by atoms with Crippen molar-refractivity contribution in [3.05, 3.63) is 68.2 Å². The van der Waals surface area contributed by atoms with Crippen LogP contribution >= 0.6 is 33.9 Å². The highest BCUT2D eigenvalue weighted by Crippen LogP contribution is 2.32. The van der Waals surface area contributed by atoms with Crippen molar-refractivity contribution in [2.75, 3.05) is 0 Å². The highest BCUT2D eigenvalue weighted by Gasteiger charge is 2.16. The molecule has 0 aliphatic rings. The van der Waals surface area contributed by atoms with Crippen molar-refractivity contribution in [2.45, 2.75) is 13.0 Å². The zero-order chi connectivity index (χ0) is 14.8. The summed E-state index contributed by atoms with van der Waals surface area (Å²) >= 11 is 3.91. The van der Waals surface area contributed by atoms with Gasteiger partial charge < -0.3 is 5.73 Å². The average Bonchev–Trinajstić information content (AvgIpc) is 3.00. The highest BCUT2D eigenvalue weighted by atomic mass is 127. The molecule has 0 spiro atoms. The number of aryl methyl sites for hydroxylation is 1. The molecule has 0 saturated heterocycles. The minimum atomic E-state index is -0.222. The third-order valence-electron chi connectivity index (χ3n) is 3.29. The van der Waals surface area contributed by atoms with E-state index < -0.39 is 0 Å². The van der Waals surface area contributed by atoms with Crippen LogP contribution < -0.4 is 5.73 Å². The van der Waals surface area contributed by atoms with E-state index in [-0.39, 0.29) is 6.04 Å². The zero-order valence-corrected chi connectivity index (χ0v) is 14.4. The van der Waals surface area contributed by atoms with Gasteiger partial charge in [0.25, 0.3) is 0 Å². The van der Waals surface area contributed by atoms with E-state index in [4.69, 9.17) is 5.73 Å². The van der Waals surface area contributed by atoms with Gasteiger partial charge in [0.1, 0.15) is 10.0 Å². The van der Waals surface area contributed by atoms with Gasteiger partial charge in [-0.1, -0.05) is 59.9 Å². The molecule has 0 aliphatic heterocycles. The van der Waals surface area contributed by atoms with Crippen LogP contribution in [0.3, 0.4) is 0 Å². The standard InChI is InChI=1S/C16H14IN3S/c1-10-6-5-9-12(13(10)17)15-19-20-16(21-15)14(18)11-7-3-2-4-8-11/h2-9,14H,18H2,1H3. The average molecular weight is 407 g/mol. The van der Waals surface area contributed by atoms with E-state index in [2.05, 4.69) is 51.8 Å². The minimum absolute atomic E-state index is 0.222. The summed E-state index contributed by atoms with van der Waals surface area (Å²) in [7, 11) is 0. The van der Waals surface area contributed by atoms with Crippen molar-refractivity contribution in [3.8, 4) is 10.6 Å². The maximum Gasteiger partial charge on any atom is 0.148 e. The maximum absolute atomic E-state index is 6.28. The molecule has 0 bridgehead atoms. The smallest absolute Gasteiger partial charge is 0.148 e. The summed E-state index contributed by atoms with van der Waals surface area (Å²) in [6.07, 6.45) is 0. The Hall–Kier alpha value is -1.31. The monoisotopic (exact) mass is 407 g/mol. The van der Waals surface area contributed by atoms with Gasteiger partial charge >= 0.3 is 0 Å². The first-order valence-corrected chi connectivity index (χ1v) is 8.46. The van der Waals surface area contributed by atoms with E-state index in [1.165, 1.54) is 9.13 Å². The largest absolute Gasteiger partial charge is 0.318 e. The molecule has 1 heterocycles. The van der Waals surface area contributed by atoms with Crippen molar-refractivity contribution >= 4 is 33.9 Å². The van der Waals surface area contributed by atoms with Crippen LogP contribution in [-0.4, -0.2) is 10.2 Å². The lowest BCUT2D eigenvalue weighted by Crippen LogP contribution is -2.11. The second-order valence-electron chi connectivity index (χ2n) is 4.77. The number of aromatic nitrogens is 2. The number of nitrogens with zero attached hydrogens (tertiary/aromatic N) is 2. The Bertz CT molecular complexity index is 755. The number of hydrogen-bond acceptors (Lipinski definition) is 4. The Kier molecular flexibility index (Phi) is 4.32. The molecule has 21 heavy (non-hydrogen) atoms. The molecule has 3 nitrogen and oxygen atoms in total. The lowest BCUT2D eigenvalue weighted by Gasteiger charge is -2.07. The van der Waals surface area contributed by atoms with E-state index in [9.17, 15) is 0 Å². The van der Waals surface area contributed by atoms with Crippen molar-refractivity contribution in [1.82, 2.24) is 10.2 Å². The molecule has 0 saturated carbocycles. The number of benzene rings is 2. The molecule has 1 unspecified atom stereocenters. The molecule has 0 radical (unpaired) electrons. The summed E-state index contributed by atoms with van der Waals surface area (Å²) < 4.78 is 1.21. The van der Waals surface area contributed by atoms with Crippen LogP contribution in [0.2, 0.25) is 0 Å². The molecule has 0 aliphatic carbocycles. The lowest BCUT2D eigenvalue weighted by molar-refractivity contribution is 0.831. The Morgan fingerprint density at radius 1 is 1.05 bits per heavy atom. The predicted octanol–water partition coefficient (Wildman–Crippen LogP) is 4.17. The van der Waals surface area contributed by atoms with Gasteiger partial charge in [-0.2, -0.15) is 0 Å². The third kappa shape index (κ3) is 3.00. The summed E-state index contributed by atoms with van der Waals surface area (Å²) in [5.41, 5.74) is 9.71. The second-order valence-corrected chi connectivity index (χ2v) is 6.86. The molecule has 1 aromatic heterocycles. The van der Waals surface area contributed by atoms with Gasteiger partial charge in [-0.05, 0) is 40.6 Å². The van der Waals surface area contributed by atoms with Gasteiger partial charge in [-0.25, -0.2) is 0 Å². The van der Waals surface area contributed by atoms with Crippen LogP contribution in [0.15, 0.2) is 48.5 Å². The van der Waals surface area contributed by atoms with Gasteiger partial charge in [-0.3, -0.25) is 0 Å². The van der Waals surface area contributed by atoms with E-state index >= 15 is 0 Å². The van der Waals surface area contributed by atoms with E-state index in [1.807, 2.05) is 36.4 Å². The van der Waals surface area contributed by atoms with Gasteiger partial charge in [0.15, 0.2) is 0 Å². The second kappa shape index (κ2) is 6.21. The molecular formula is C16H14IN3S. The van der Waals surface area contributed by atoms with Crippen LogP contribution in [0.25, 0.3) is 10.6 Å². The summed E-state index contributed by atoms with van der Waals surface area (Å²) in [6.45, 7) is 2.10. The molecular weight excluding hydrogens is 393 g/mol. The number of hydrogen-bond donors (Lipinski definition) is 1. The zero-order valence-electron chi connectivity index (χ0n) is 11.5. The molecule has 3 aromatic rings. The van der Waals surface area contributed by atoms with Crippen molar-refractivity contribution in [3.63, 3.8) is 0 Å². The summed E-state index contributed by atoms with van der Waals surface area (Å²) in [5, 5.41) is 10.4. The van der Waals surface area contributed by atoms with Crippen molar-refractivity contribution in [1.29, 1.82) is 0 Å². The molecule has 106 valence electrons. The van der Waals surface area contributed by atoms with Crippen molar-refractivity contribution < 1.29 is 0 Å². The van der Waals surface area contributed by atoms with E-state index in [0.717, 1.165) is 21.1 Å². The normalized spacial score (nSPS) is 12.3. The first-order valence-electron chi connectivity index (χ1n) is 6.56. The SMILES string of the molecule is Cc1cccc(-c2nnc(C(N)c3ccccc3)s2)c1I. The Morgan fingerprint density at radius 2 is 1.81 bits per heavy atom. The first kappa shape index (κ1) is 14.6. The van der Waals surface area contributed by atoms with Gasteiger partial charge in [-0.15, -0.1) is 10.2 Å². The fraction of sp³-hybridized carbons (Fsp3) is 0.125. The summed E-state index contributed by atoms with van der Waals surface area (Å²) in [6, 6.07) is 16.0. The molecule has 0 fully saturated rings. The quantitative estimate of drug-likeness (QED) is 0.664. The van der Waals surface area contributed by atoms with Crippen LogP contribution in [0.5, 0.6) is 0 Å². The van der Waals surface area contributed by atoms with Crippen LogP contribution in [-0.2, 0) is 0 Å². The topological polar surface area (TPSA) is 51.8 Å². The molecule has 2 N–H and O–H groups in total. The van der Waals surface area contributed by atoms with Crippen molar-refractivity contribution in [2.24, 2.45) is 5.73 Å². The van der Waals surface area contributed by atoms with Gasteiger partial charge in [0, 0.05) is 9.13 Å². The van der Waals surface area contributed by atoms with Gasteiger partial charge in [0.05, 0.1) is 6.04 Å². The number of nitrogens with two attached hydrogens (primary N) is 1. The highest BCUT2D eigenvalue weighted by molar-refractivity contribution is 14.1. The predicted molar refractivity (Wildman–Crippen MR) is 95.3 cm³/mol. The minimum Gasteiger partial charge on any atom is -0.318 e. The number of rotatable bonds is 3. The molecule has 1 atom stereocenters. The molecule has 0 amide bonds. The molecule has 2 aromatic carbocycles. The lowest BCUT2D eigenvalue weighted by atomic mass is 10.1. The maximum atomic E-state index is 6.28.